The predicted octanol–water partition coefficient (Wildman–Crippen LogP) is 3.86. The number of aromatic nitrogens is 2. The fourth-order valence-electron chi connectivity index (χ4n) is 3.80. The first-order valence-electron chi connectivity index (χ1n) is 8.95. The van der Waals surface area contributed by atoms with Gasteiger partial charge in [0.25, 0.3) is 11.8 Å². The van der Waals surface area contributed by atoms with E-state index in [4.69, 9.17) is 0 Å². The fraction of sp³-hybridized carbons (Fsp3) is 0.136. The average Bonchev–Trinajstić information content (AvgIpc) is 3.07. The van der Waals surface area contributed by atoms with Crippen molar-refractivity contribution in [3.63, 3.8) is 0 Å². The molecule has 132 valence electrons. The molecule has 2 amide bonds. The molecule has 1 aromatic heterocycles. The van der Waals surface area contributed by atoms with Crippen LogP contribution in [-0.4, -0.2) is 33.2 Å². The molecule has 1 N–H and O–H groups in total. The molecule has 0 saturated carbocycles. The van der Waals surface area contributed by atoms with Gasteiger partial charge in [-0.15, -0.1) is 0 Å². The highest BCUT2D eigenvalue weighted by Gasteiger charge is 2.32. The second-order valence-electron chi connectivity index (χ2n) is 6.93. The number of nitrogens with zero attached hydrogens (tertiary/aromatic N) is 2. The predicted molar refractivity (Wildman–Crippen MR) is 104 cm³/mol. The Hall–Kier alpha value is -3.47. The van der Waals surface area contributed by atoms with Crippen LogP contribution in [0, 0.1) is 6.92 Å². The highest BCUT2D eigenvalue weighted by atomic mass is 16.2. The Kier molecular flexibility index (Phi) is 3.37. The number of aryl methyl sites for hydroxylation is 1. The Morgan fingerprint density at radius 2 is 1.67 bits per heavy atom. The quantitative estimate of drug-likeness (QED) is 0.568. The van der Waals surface area contributed by atoms with Crippen molar-refractivity contribution in [1.82, 2.24) is 14.9 Å². The number of amides is 2. The summed E-state index contributed by atoms with van der Waals surface area (Å²) in [5, 5.41) is 1.67. The monoisotopic (exact) mass is 355 g/mol. The van der Waals surface area contributed by atoms with Gasteiger partial charge in [0.1, 0.15) is 5.82 Å². The van der Waals surface area contributed by atoms with Crippen LogP contribution >= 0.6 is 0 Å². The lowest BCUT2D eigenvalue weighted by molar-refractivity contribution is 0.0612. The summed E-state index contributed by atoms with van der Waals surface area (Å²) in [7, 11) is 0. The number of imidazole rings is 1. The Labute approximate surface area is 155 Å². The van der Waals surface area contributed by atoms with Gasteiger partial charge in [0.05, 0.1) is 11.0 Å². The first-order valence-corrected chi connectivity index (χ1v) is 8.95. The van der Waals surface area contributed by atoms with Gasteiger partial charge in [0.15, 0.2) is 0 Å². The minimum atomic E-state index is -0.240. The average molecular weight is 355 g/mol. The second-order valence-corrected chi connectivity index (χ2v) is 6.93. The van der Waals surface area contributed by atoms with E-state index in [1.54, 1.807) is 12.1 Å². The molecule has 2 heterocycles. The van der Waals surface area contributed by atoms with Gasteiger partial charge in [-0.05, 0) is 42.1 Å². The van der Waals surface area contributed by atoms with Gasteiger partial charge in [-0.25, -0.2) is 4.98 Å². The summed E-state index contributed by atoms with van der Waals surface area (Å²) in [5.41, 5.74) is 4.19. The molecule has 0 aliphatic carbocycles. The fourth-order valence-corrected chi connectivity index (χ4v) is 3.80. The minimum Gasteiger partial charge on any atom is -0.342 e. The molecule has 0 fully saturated rings. The second kappa shape index (κ2) is 5.77. The van der Waals surface area contributed by atoms with Crippen LogP contribution in [0.25, 0.3) is 21.8 Å². The van der Waals surface area contributed by atoms with Crippen molar-refractivity contribution in [2.75, 3.05) is 6.54 Å². The molecule has 5 rings (SSSR count). The molecule has 0 saturated heterocycles. The number of H-pyrrole nitrogens is 1. The van der Waals surface area contributed by atoms with E-state index >= 15 is 0 Å². The Bertz CT molecular complexity index is 1190. The topological polar surface area (TPSA) is 66.1 Å². The maximum atomic E-state index is 12.9. The van der Waals surface area contributed by atoms with E-state index in [2.05, 4.69) is 9.97 Å². The third kappa shape index (κ3) is 2.43. The number of carbonyl (C=O) groups is 2. The number of carbonyl (C=O) groups excluding carboxylic acids is 2. The highest BCUT2D eigenvalue weighted by Crippen LogP contribution is 2.30. The van der Waals surface area contributed by atoms with Crippen molar-refractivity contribution in [2.45, 2.75) is 13.3 Å². The van der Waals surface area contributed by atoms with Gasteiger partial charge in [-0.3, -0.25) is 14.5 Å². The van der Waals surface area contributed by atoms with Crippen LogP contribution in [0.15, 0.2) is 54.6 Å². The Balaban J connectivity index is 1.47. The molecule has 27 heavy (non-hydrogen) atoms. The van der Waals surface area contributed by atoms with E-state index in [0.717, 1.165) is 33.2 Å². The zero-order chi connectivity index (χ0) is 18.5. The number of fused-ring (bicyclic) bond motifs is 1. The third-order valence-corrected chi connectivity index (χ3v) is 5.11. The van der Waals surface area contributed by atoms with E-state index in [-0.39, 0.29) is 11.8 Å². The summed E-state index contributed by atoms with van der Waals surface area (Å²) in [6.45, 7) is 2.32. The van der Waals surface area contributed by atoms with Gasteiger partial charge < -0.3 is 4.98 Å². The zero-order valence-corrected chi connectivity index (χ0v) is 14.8. The minimum absolute atomic E-state index is 0.240. The smallest absolute Gasteiger partial charge is 0.261 e. The molecule has 0 spiro atoms. The lowest BCUT2D eigenvalue weighted by atomic mass is 9.94. The highest BCUT2D eigenvalue weighted by molar-refractivity contribution is 6.25. The number of rotatable bonds is 3. The summed E-state index contributed by atoms with van der Waals surface area (Å²) >= 11 is 0. The molecular formula is C22H17N3O2. The van der Waals surface area contributed by atoms with Crippen molar-refractivity contribution in [3.05, 3.63) is 77.1 Å². The van der Waals surface area contributed by atoms with E-state index < -0.39 is 0 Å². The van der Waals surface area contributed by atoms with Gasteiger partial charge in [-0.2, -0.15) is 0 Å². The summed E-state index contributed by atoms with van der Waals surface area (Å²) in [6.07, 6.45) is 0.489. The molecule has 0 atom stereocenters. The van der Waals surface area contributed by atoms with Gasteiger partial charge in [-0.1, -0.05) is 30.3 Å². The first kappa shape index (κ1) is 15.8. The van der Waals surface area contributed by atoms with Crippen LogP contribution in [0.1, 0.15) is 32.1 Å². The molecule has 4 aromatic rings. The van der Waals surface area contributed by atoms with Crippen molar-refractivity contribution >= 4 is 33.6 Å². The van der Waals surface area contributed by atoms with E-state index in [1.807, 2.05) is 49.4 Å². The van der Waals surface area contributed by atoms with Crippen LogP contribution in [0.2, 0.25) is 0 Å². The lowest BCUT2D eigenvalue weighted by Crippen LogP contribution is -2.41. The maximum absolute atomic E-state index is 12.9. The standard InChI is InChI=1S/C22H17N3O2/c1-13-8-9-17-18(12-13)24-19(23-17)10-11-25-21(26)15-6-2-4-14-5-3-7-16(20(14)15)22(25)27/h2-9,12H,10-11H2,1H3,(H,23,24). The summed E-state index contributed by atoms with van der Waals surface area (Å²) < 4.78 is 0. The molecule has 3 aromatic carbocycles. The Morgan fingerprint density at radius 3 is 2.37 bits per heavy atom. The van der Waals surface area contributed by atoms with Crippen LogP contribution in [-0.2, 0) is 6.42 Å². The van der Waals surface area contributed by atoms with Crippen LogP contribution in [0.5, 0.6) is 0 Å². The Morgan fingerprint density at radius 1 is 0.963 bits per heavy atom. The molecule has 1 aliphatic heterocycles. The lowest BCUT2D eigenvalue weighted by Gasteiger charge is -2.26. The van der Waals surface area contributed by atoms with Gasteiger partial charge in [0, 0.05) is 29.5 Å². The third-order valence-electron chi connectivity index (χ3n) is 5.11. The van der Waals surface area contributed by atoms with Crippen molar-refractivity contribution in [1.29, 1.82) is 0 Å². The van der Waals surface area contributed by atoms with Gasteiger partial charge in [0.2, 0.25) is 0 Å². The number of hydrogen-bond donors (Lipinski definition) is 1. The number of imide groups is 1. The van der Waals surface area contributed by atoms with E-state index in [9.17, 15) is 9.59 Å². The number of hydrogen-bond acceptors (Lipinski definition) is 3. The van der Waals surface area contributed by atoms with Crippen molar-refractivity contribution in [3.8, 4) is 0 Å². The molecular weight excluding hydrogens is 338 g/mol. The van der Waals surface area contributed by atoms with Crippen molar-refractivity contribution < 1.29 is 9.59 Å². The van der Waals surface area contributed by atoms with Crippen LogP contribution < -0.4 is 0 Å². The zero-order valence-electron chi connectivity index (χ0n) is 14.8. The van der Waals surface area contributed by atoms with Gasteiger partial charge >= 0.3 is 0 Å². The normalized spacial score (nSPS) is 13.7. The first-order chi connectivity index (χ1) is 13.1. The largest absolute Gasteiger partial charge is 0.342 e. The van der Waals surface area contributed by atoms with Crippen molar-refractivity contribution in [2.24, 2.45) is 0 Å². The number of benzene rings is 3. The van der Waals surface area contributed by atoms with E-state index in [1.165, 1.54) is 4.90 Å². The summed E-state index contributed by atoms with van der Waals surface area (Å²) in [5.74, 6) is 0.292. The summed E-state index contributed by atoms with van der Waals surface area (Å²) in [4.78, 5) is 35.0. The molecule has 5 heteroatoms. The SMILES string of the molecule is Cc1ccc2nc(CCN3C(=O)c4cccc5cccc(c45)C3=O)[nH]c2c1. The molecule has 0 unspecified atom stereocenters. The summed E-state index contributed by atoms with van der Waals surface area (Å²) in [6, 6.07) is 17.2. The molecule has 0 bridgehead atoms. The molecule has 1 aliphatic rings. The number of aromatic amines is 1. The van der Waals surface area contributed by atoms with Crippen LogP contribution in [0.4, 0.5) is 0 Å². The molecule has 5 nitrogen and oxygen atoms in total. The number of nitrogens with one attached hydrogen (secondary N) is 1. The maximum Gasteiger partial charge on any atom is 0.261 e. The molecule has 0 radical (unpaired) electrons. The van der Waals surface area contributed by atoms with E-state index in [0.29, 0.717) is 24.1 Å². The van der Waals surface area contributed by atoms with Crippen LogP contribution in [0.3, 0.4) is 0 Å².